The van der Waals surface area contributed by atoms with Crippen molar-refractivity contribution in [3.63, 3.8) is 0 Å². The number of aliphatic imine (C=N–C) groups is 1. The Morgan fingerprint density at radius 1 is 1.32 bits per heavy atom. The molecule has 2 aliphatic rings. The van der Waals surface area contributed by atoms with Crippen molar-refractivity contribution in [3.8, 4) is 0 Å². The Bertz CT molecular complexity index is 603. The largest absolute Gasteiger partial charge is 0.376 e. The molecule has 1 aromatic carbocycles. The average molecular weight is 505 g/mol. The lowest BCUT2D eigenvalue weighted by Gasteiger charge is -2.34. The zero-order chi connectivity index (χ0) is 18.9. The van der Waals surface area contributed by atoms with Gasteiger partial charge < -0.3 is 19.7 Å². The van der Waals surface area contributed by atoms with E-state index in [9.17, 15) is 4.39 Å². The highest BCUT2D eigenvalue weighted by atomic mass is 127. The van der Waals surface area contributed by atoms with Gasteiger partial charge in [-0.2, -0.15) is 0 Å². The standard InChI is InChI=1S/C21H32FN3O2.HI/c1-23-21(24-11-3-6-17-5-2-7-18(22)15-17)25-12-9-19(10-13-25)27-16-20-8-4-14-26-20;/h2,5,7,15,19-20H,3-4,6,8-14,16H2,1H3,(H,23,24);1H. The van der Waals surface area contributed by atoms with E-state index in [4.69, 9.17) is 9.47 Å². The first-order valence-corrected chi connectivity index (χ1v) is 10.2. The summed E-state index contributed by atoms with van der Waals surface area (Å²) in [6, 6.07) is 6.83. The van der Waals surface area contributed by atoms with E-state index in [2.05, 4.69) is 15.2 Å². The summed E-state index contributed by atoms with van der Waals surface area (Å²) >= 11 is 0. The molecule has 1 N–H and O–H groups in total. The zero-order valence-corrected chi connectivity index (χ0v) is 19.1. The molecule has 2 fully saturated rings. The van der Waals surface area contributed by atoms with E-state index in [-0.39, 0.29) is 29.8 Å². The van der Waals surface area contributed by atoms with Crippen molar-refractivity contribution >= 4 is 29.9 Å². The predicted octanol–water partition coefficient (Wildman–Crippen LogP) is 3.61. The van der Waals surface area contributed by atoms with E-state index in [1.165, 1.54) is 6.07 Å². The Balaban J connectivity index is 0.00000280. The fourth-order valence-electron chi connectivity index (χ4n) is 3.77. The molecule has 0 amide bonds. The average Bonchev–Trinajstić information content (AvgIpc) is 3.21. The van der Waals surface area contributed by atoms with Gasteiger partial charge in [0.05, 0.1) is 18.8 Å². The third kappa shape index (κ3) is 7.48. The van der Waals surface area contributed by atoms with Crippen LogP contribution in [0.15, 0.2) is 29.3 Å². The number of piperidine rings is 1. The Kier molecular flexibility index (Phi) is 10.5. The van der Waals surface area contributed by atoms with Gasteiger partial charge in [0.25, 0.3) is 0 Å². The maximum atomic E-state index is 13.2. The number of hydrogen-bond donors (Lipinski definition) is 1. The van der Waals surface area contributed by atoms with E-state index < -0.39 is 0 Å². The van der Waals surface area contributed by atoms with E-state index in [0.29, 0.717) is 12.2 Å². The van der Waals surface area contributed by atoms with Crippen molar-refractivity contribution in [1.29, 1.82) is 0 Å². The first-order chi connectivity index (χ1) is 13.2. The summed E-state index contributed by atoms with van der Waals surface area (Å²) < 4.78 is 24.9. The van der Waals surface area contributed by atoms with Crippen LogP contribution < -0.4 is 5.32 Å². The Morgan fingerprint density at radius 2 is 2.14 bits per heavy atom. The second-order valence-corrected chi connectivity index (χ2v) is 7.36. The van der Waals surface area contributed by atoms with Gasteiger partial charge in [0.1, 0.15) is 5.82 Å². The van der Waals surface area contributed by atoms with Gasteiger partial charge in [-0.05, 0) is 56.2 Å². The van der Waals surface area contributed by atoms with Gasteiger partial charge in [-0.15, -0.1) is 24.0 Å². The highest BCUT2D eigenvalue weighted by molar-refractivity contribution is 14.0. The van der Waals surface area contributed by atoms with Gasteiger partial charge in [0, 0.05) is 33.3 Å². The van der Waals surface area contributed by atoms with Gasteiger partial charge >= 0.3 is 0 Å². The number of ether oxygens (including phenoxy) is 2. The molecule has 0 spiro atoms. The maximum Gasteiger partial charge on any atom is 0.193 e. The number of benzene rings is 1. The number of hydrogen-bond acceptors (Lipinski definition) is 3. The van der Waals surface area contributed by atoms with E-state index in [0.717, 1.165) is 82.9 Å². The molecule has 2 saturated heterocycles. The van der Waals surface area contributed by atoms with Gasteiger partial charge in [-0.25, -0.2) is 4.39 Å². The van der Waals surface area contributed by atoms with Crippen LogP contribution >= 0.6 is 24.0 Å². The third-order valence-electron chi connectivity index (χ3n) is 5.31. The second-order valence-electron chi connectivity index (χ2n) is 7.36. The zero-order valence-electron chi connectivity index (χ0n) is 16.7. The normalized spacial score (nSPS) is 20.9. The van der Waals surface area contributed by atoms with Crippen LogP contribution in [0.1, 0.15) is 37.7 Å². The van der Waals surface area contributed by atoms with Crippen LogP contribution in [-0.4, -0.2) is 63.0 Å². The molecule has 158 valence electrons. The van der Waals surface area contributed by atoms with Crippen molar-refractivity contribution in [2.24, 2.45) is 4.99 Å². The summed E-state index contributed by atoms with van der Waals surface area (Å²) in [5.74, 6) is 0.785. The third-order valence-corrected chi connectivity index (χ3v) is 5.31. The molecule has 0 radical (unpaired) electrons. The van der Waals surface area contributed by atoms with Crippen molar-refractivity contribution in [2.45, 2.75) is 50.7 Å². The maximum absolute atomic E-state index is 13.2. The summed E-state index contributed by atoms with van der Waals surface area (Å²) in [6.45, 7) is 4.36. The van der Waals surface area contributed by atoms with E-state index in [1.807, 2.05) is 13.1 Å². The van der Waals surface area contributed by atoms with Crippen LogP contribution in [0.2, 0.25) is 0 Å². The van der Waals surface area contributed by atoms with Crippen molar-refractivity contribution in [3.05, 3.63) is 35.6 Å². The lowest BCUT2D eigenvalue weighted by atomic mass is 10.1. The van der Waals surface area contributed by atoms with Crippen LogP contribution in [0.25, 0.3) is 0 Å². The number of aryl methyl sites for hydroxylation is 1. The summed E-state index contributed by atoms with van der Waals surface area (Å²) in [5.41, 5.74) is 1.04. The van der Waals surface area contributed by atoms with Crippen LogP contribution in [0.3, 0.4) is 0 Å². The molecule has 2 heterocycles. The number of nitrogens with one attached hydrogen (secondary N) is 1. The molecule has 7 heteroatoms. The lowest BCUT2D eigenvalue weighted by Crippen LogP contribution is -2.47. The summed E-state index contributed by atoms with van der Waals surface area (Å²) in [7, 11) is 1.83. The Hall–Kier alpha value is -0.930. The molecule has 1 unspecified atom stereocenters. The monoisotopic (exact) mass is 505 g/mol. The van der Waals surface area contributed by atoms with Crippen molar-refractivity contribution in [2.75, 3.05) is 39.9 Å². The molecular weight excluding hydrogens is 472 g/mol. The SMILES string of the molecule is CN=C(NCCCc1cccc(F)c1)N1CCC(OCC2CCCO2)CC1.I. The molecule has 5 nitrogen and oxygen atoms in total. The second kappa shape index (κ2) is 12.6. The Morgan fingerprint density at radius 3 is 2.82 bits per heavy atom. The van der Waals surface area contributed by atoms with E-state index >= 15 is 0 Å². The quantitative estimate of drug-likeness (QED) is 0.266. The highest BCUT2D eigenvalue weighted by Gasteiger charge is 2.24. The van der Waals surface area contributed by atoms with E-state index in [1.54, 1.807) is 12.1 Å². The number of nitrogens with zero attached hydrogens (tertiary/aromatic N) is 2. The molecule has 0 aromatic heterocycles. The molecule has 28 heavy (non-hydrogen) atoms. The summed E-state index contributed by atoms with van der Waals surface area (Å²) in [6.07, 6.45) is 6.78. The van der Waals surface area contributed by atoms with Crippen LogP contribution in [0.4, 0.5) is 4.39 Å². The molecule has 0 aliphatic carbocycles. The van der Waals surface area contributed by atoms with Gasteiger partial charge in [-0.1, -0.05) is 12.1 Å². The van der Waals surface area contributed by atoms with Gasteiger partial charge in [0.15, 0.2) is 5.96 Å². The minimum Gasteiger partial charge on any atom is -0.376 e. The molecule has 0 saturated carbocycles. The minimum atomic E-state index is -0.166. The fraction of sp³-hybridized carbons (Fsp3) is 0.667. The van der Waals surface area contributed by atoms with Crippen LogP contribution in [-0.2, 0) is 15.9 Å². The molecule has 1 atom stereocenters. The summed E-state index contributed by atoms with van der Waals surface area (Å²) in [5, 5.41) is 3.44. The first kappa shape index (κ1) is 23.3. The molecule has 0 bridgehead atoms. The minimum absolute atomic E-state index is 0. The van der Waals surface area contributed by atoms with Gasteiger partial charge in [-0.3, -0.25) is 4.99 Å². The number of guanidine groups is 1. The van der Waals surface area contributed by atoms with Gasteiger partial charge in [0.2, 0.25) is 0 Å². The fourth-order valence-corrected chi connectivity index (χ4v) is 3.77. The number of halogens is 2. The van der Waals surface area contributed by atoms with Crippen molar-refractivity contribution in [1.82, 2.24) is 10.2 Å². The lowest BCUT2D eigenvalue weighted by molar-refractivity contribution is -0.0367. The molecular formula is C21H33FIN3O2. The highest BCUT2D eigenvalue weighted by Crippen LogP contribution is 2.17. The molecule has 2 aliphatic heterocycles. The topological polar surface area (TPSA) is 46.1 Å². The summed E-state index contributed by atoms with van der Waals surface area (Å²) in [4.78, 5) is 6.71. The smallest absolute Gasteiger partial charge is 0.193 e. The molecule has 1 aromatic rings. The van der Waals surface area contributed by atoms with Crippen LogP contribution in [0, 0.1) is 5.82 Å². The Labute approximate surface area is 185 Å². The number of likely N-dealkylation sites (tertiary alicyclic amines) is 1. The van der Waals surface area contributed by atoms with Crippen LogP contribution in [0.5, 0.6) is 0 Å². The first-order valence-electron chi connectivity index (χ1n) is 10.2. The molecule has 3 rings (SSSR count). The number of rotatable bonds is 7. The predicted molar refractivity (Wildman–Crippen MR) is 121 cm³/mol. The van der Waals surface area contributed by atoms with Crippen molar-refractivity contribution < 1.29 is 13.9 Å².